The van der Waals surface area contributed by atoms with E-state index in [9.17, 15) is 0 Å². The molecule has 0 saturated carbocycles. The lowest BCUT2D eigenvalue weighted by atomic mass is 10.1. The van der Waals surface area contributed by atoms with Gasteiger partial charge in [-0.25, -0.2) is 0 Å². The monoisotopic (exact) mass is 316 g/mol. The van der Waals surface area contributed by atoms with Crippen molar-refractivity contribution in [2.45, 2.75) is 13.1 Å². The molecule has 0 bridgehead atoms. The van der Waals surface area contributed by atoms with Crippen LogP contribution in [0, 0.1) is 0 Å². The summed E-state index contributed by atoms with van der Waals surface area (Å²) < 4.78 is 0. The summed E-state index contributed by atoms with van der Waals surface area (Å²) in [4.78, 5) is 4.59. The molecule has 0 radical (unpaired) electrons. The third-order valence-electron chi connectivity index (χ3n) is 4.33. The van der Waals surface area contributed by atoms with Gasteiger partial charge in [0.25, 0.3) is 0 Å². The molecule has 0 N–H and O–H groups in total. The Morgan fingerprint density at radius 1 is 0.500 bits per heavy atom. The third-order valence-corrected chi connectivity index (χ3v) is 4.33. The SMILES string of the molecule is CN(Cc1ccccc1CN(C)c1ccccc1)c1ccccc1. The maximum Gasteiger partial charge on any atom is 0.0429 e. The van der Waals surface area contributed by atoms with E-state index in [1.807, 2.05) is 0 Å². The molecule has 0 aliphatic heterocycles. The molecule has 122 valence electrons. The van der Waals surface area contributed by atoms with Crippen LogP contribution in [-0.2, 0) is 13.1 Å². The van der Waals surface area contributed by atoms with E-state index in [0.717, 1.165) is 13.1 Å². The summed E-state index contributed by atoms with van der Waals surface area (Å²) in [6.45, 7) is 1.81. The number of benzene rings is 3. The highest BCUT2D eigenvalue weighted by Crippen LogP contribution is 2.20. The van der Waals surface area contributed by atoms with Crippen molar-refractivity contribution in [3.05, 3.63) is 96.1 Å². The summed E-state index contributed by atoms with van der Waals surface area (Å²) in [5.41, 5.74) is 5.21. The Morgan fingerprint density at radius 3 is 1.21 bits per heavy atom. The van der Waals surface area contributed by atoms with Crippen LogP contribution in [0.15, 0.2) is 84.9 Å². The minimum absolute atomic E-state index is 0.906. The van der Waals surface area contributed by atoms with Crippen LogP contribution in [0.25, 0.3) is 0 Å². The molecular weight excluding hydrogens is 292 g/mol. The molecule has 0 atom stereocenters. The smallest absolute Gasteiger partial charge is 0.0429 e. The van der Waals surface area contributed by atoms with Crippen molar-refractivity contribution >= 4 is 11.4 Å². The van der Waals surface area contributed by atoms with Crippen LogP contribution >= 0.6 is 0 Å². The van der Waals surface area contributed by atoms with E-state index in [0.29, 0.717) is 0 Å². The zero-order chi connectivity index (χ0) is 16.8. The number of hydrogen-bond acceptors (Lipinski definition) is 2. The first-order chi connectivity index (χ1) is 11.7. The van der Waals surface area contributed by atoms with Crippen molar-refractivity contribution < 1.29 is 0 Å². The standard InChI is InChI=1S/C22H24N2/c1-23(21-13-5-3-6-14-21)17-19-11-9-10-12-20(19)18-24(2)22-15-7-4-8-16-22/h3-16H,17-18H2,1-2H3. The summed E-state index contributed by atoms with van der Waals surface area (Å²) in [5.74, 6) is 0. The third kappa shape index (κ3) is 3.96. The van der Waals surface area contributed by atoms with Crippen LogP contribution in [-0.4, -0.2) is 14.1 Å². The lowest BCUT2D eigenvalue weighted by Crippen LogP contribution is -2.21. The molecule has 24 heavy (non-hydrogen) atoms. The molecule has 0 heterocycles. The van der Waals surface area contributed by atoms with Gasteiger partial charge in [0.1, 0.15) is 0 Å². The van der Waals surface area contributed by atoms with E-state index in [4.69, 9.17) is 0 Å². The molecule has 3 aromatic rings. The first-order valence-electron chi connectivity index (χ1n) is 8.33. The van der Waals surface area contributed by atoms with Crippen LogP contribution in [0.5, 0.6) is 0 Å². The average molecular weight is 316 g/mol. The van der Waals surface area contributed by atoms with Crippen molar-refractivity contribution in [1.82, 2.24) is 0 Å². The average Bonchev–Trinajstić information content (AvgIpc) is 2.64. The maximum absolute atomic E-state index is 2.29. The van der Waals surface area contributed by atoms with Gasteiger partial charge in [-0.3, -0.25) is 0 Å². The van der Waals surface area contributed by atoms with Gasteiger partial charge in [0, 0.05) is 38.6 Å². The largest absolute Gasteiger partial charge is 0.370 e. The van der Waals surface area contributed by atoms with Crippen LogP contribution in [0.4, 0.5) is 11.4 Å². The maximum atomic E-state index is 2.29. The van der Waals surface area contributed by atoms with E-state index in [2.05, 4.69) is 109 Å². The van der Waals surface area contributed by atoms with Gasteiger partial charge in [-0.1, -0.05) is 60.7 Å². The molecular formula is C22H24N2. The fourth-order valence-corrected chi connectivity index (χ4v) is 2.92. The van der Waals surface area contributed by atoms with Crippen molar-refractivity contribution in [1.29, 1.82) is 0 Å². The molecule has 0 spiro atoms. The first kappa shape index (κ1) is 16.1. The number of anilines is 2. The van der Waals surface area contributed by atoms with Crippen molar-refractivity contribution in [3.63, 3.8) is 0 Å². The summed E-state index contributed by atoms with van der Waals surface area (Å²) >= 11 is 0. The zero-order valence-corrected chi connectivity index (χ0v) is 14.4. The van der Waals surface area contributed by atoms with E-state index in [1.165, 1.54) is 22.5 Å². The molecule has 2 nitrogen and oxygen atoms in total. The second-order valence-corrected chi connectivity index (χ2v) is 6.15. The molecule has 0 aliphatic carbocycles. The molecule has 0 unspecified atom stereocenters. The molecule has 0 amide bonds. The van der Waals surface area contributed by atoms with Gasteiger partial charge in [-0.05, 0) is 35.4 Å². The zero-order valence-electron chi connectivity index (χ0n) is 14.4. The summed E-state index contributed by atoms with van der Waals surface area (Å²) in [6, 6.07) is 29.8. The molecule has 3 aromatic carbocycles. The van der Waals surface area contributed by atoms with Crippen molar-refractivity contribution in [2.24, 2.45) is 0 Å². The van der Waals surface area contributed by atoms with Gasteiger partial charge in [0.15, 0.2) is 0 Å². The highest BCUT2D eigenvalue weighted by atomic mass is 15.1. The summed E-state index contributed by atoms with van der Waals surface area (Å²) in [7, 11) is 4.29. The Morgan fingerprint density at radius 2 is 0.833 bits per heavy atom. The number of rotatable bonds is 6. The predicted molar refractivity (Wildman–Crippen MR) is 104 cm³/mol. The van der Waals surface area contributed by atoms with E-state index < -0.39 is 0 Å². The Balaban J connectivity index is 1.76. The molecule has 0 aromatic heterocycles. The van der Waals surface area contributed by atoms with Crippen molar-refractivity contribution in [3.8, 4) is 0 Å². The van der Waals surface area contributed by atoms with Crippen LogP contribution in [0.1, 0.15) is 11.1 Å². The molecule has 0 fully saturated rings. The minimum Gasteiger partial charge on any atom is -0.370 e. The van der Waals surface area contributed by atoms with Crippen LogP contribution in [0.2, 0.25) is 0 Å². The van der Waals surface area contributed by atoms with E-state index in [1.54, 1.807) is 0 Å². The van der Waals surface area contributed by atoms with E-state index >= 15 is 0 Å². The lowest BCUT2D eigenvalue weighted by molar-refractivity contribution is 0.864. The summed E-state index contributed by atoms with van der Waals surface area (Å²) in [5, 5.41) is 0. The molecule has 0 aliphatic rings. The topological polar surface area (TPSA) is 6.48 Å². The quantitative estimate of drug-likeness (QED) is 0.634. The highest BCUT2D eigenvalue weighted by molar-refractivity contribution is 5.48. The normalized spacial score (nSPS) is 10.4. The first-order valence-corrected chi connectivity index (χ1v) is 8.33. The fourth-order valence-electron chi connectivity index (χ4n) is 2.92. The van der Waals surface area contributed by atoms with E-state index in [-0.39, 0.29) is 0 Å². The van der Waals surface area contributed by atoms with Crippen LogP contribution in [0.3, 0.4) is 0 Å². The van der Waals surface area contributed by atoms with Gasteiger partial charge in [0.05, 0.1) is 0 Å². The van der Waals surface area contributed by atoms with Gasteiger partial charge in [0.2, 0.25) is 0 Å². The van der Waals surface area contributed by atoms with Gasteiger partial charge >= 0.3 is 0 Å². The number of para-hydroxylation sites is 2. The molecule has 3 rings (SSSR count). The Kier molecular flexibility index (Phi) is 5.17. The Labute approximate surface area is 145 Å². The Bertz CT molecular complexity index is 687. The highest BCUT2D eigenvalue weighted by Gasteiger charge is 2.08. The van der Waals surface area contributed by atoms with Gasteiger partial charge in [-0.15, -0.1) is 0 Å². The second-order valence-electron chi connectivity index (χ2n) is 6.15. The van der Waals surface area contributed by atoms with Crippen LogP contribution < -0.4 is 9.80 Å². The summed E-state index contributed by atoms with van der Waals surface area (Å²) in [6.07, 6.45) is 0. The van der Waals surface area contributed by atoms with Crippen molar-refractivity contribution in [2.75, 3.05) is 23.9 Å². The molecule has 2 heteroatoms. The number of hydrogen-bond donors (Lipinski definition) is 0. The fraction of sp³-hybridized carbons (Fsp3) is 0.182. The van der Waals surface area contributed by atoms with Gasteiger partial charge < -0.3 is 9.80 Å². The lowest BCUT2D eigenvalue weighted by Gasteiger charge is -2.24. The number of nitrogens with zero attached hydrogens (tertiary/aromatic N) is 2. The molecule has 0 saturated heterocycles. The predicted octanol–water partition coefficient (Wildman–Crippen LogP) is 4.96. The minimum atomic E-state index is 0.906. The van der Waals surface area contributed by atoms with Gasteiger partial charge in [-0.2, -0.15) is 0 Å². The Hall–Kier alpha value is -2.74. The second kappa shape index (κ2) is 7.69.